The first-order chi connectivity index (χ1) is 6.61. The number of pyridine rings is 1. The van der Waals surface area contributed by atoms with E-state index in [1.54, 1.807) is 24.4 Å². The second kappa shape index (κ2) is 11.0. The number of nitrogens with zero attached hydrogens (tertiary/aromatic N) is 1. The van der Waals surface area contributed by atoms with Gasteiger partial charge in [-0.3, -0.25) is 4.98 Å². The van der Waals surface area contributed by atoms with Crippen LogP contribution in [0, 0.1) is 0 Å². The molecule has 82 valence electrons. The van der Waals surface area contributed by atoms with Crippen LogP contribution in [0.15, 0.2) is 24.4 Å². The fraction of sp³-hybridized carbons (Fsp3) is 0.375. The van der Waals surface area contributed by atoms with Crippen LogP contribution in [0.25, 0.3) is 0 Å². The molecule has 0 N–H and O–H groups in total. The Kier molecular flexibility index (Phi) is 14.0. The molecule has 0 aliphatic carbocycles. The summed E-state index contributed by atoms with van der Waals surface area (Å²) in [5, 5.41) is 0. The molecule has 0 saturated carbocycles. The molecule has 0 saturated heterocycles. The summed E-state index contributed by atoms with van der Waals surface area (Å²) >= 11 is 20.8. The third-order valence-corrected chi connectivity index (χ3v) is 1.54. The standard InChI is InChI=1S/C6H4Cl3N.C2H6.I2/c7-6(8,9)5-3-1-2-4-10-5;2*1-2/h1-4H;1-2H3;. The van der Waals surface area contributed by atoms with Gasteiger partial charge in [0.1, 0.15) is 0 Å². The van der Waals surface area contributed by atoms with E-state index in [9.17, 15) is 0 Å². The van der Waals surface area contributed by atoms with Crippen molar-refractivity contribution >= 4 is 72.0 Å². The van der Waals surface area contributed by atoms with Crippen LogP contribution in [-0.2, 0) is 3.79 Å². The molecule has 1 heterocycles. The quantitative estimate of drug-likeness (QED) is 0.343. The Labute approximate surface area is 123 Å². The number of aromatic nitrogens is 1. The van der Waals surface area contributed by atoms with Crippen LogP contribution >= 0.6 is 72.0 Å². The summed E-state index contributed by atoms with van der Waals surface area (Å²) in [6.07, 6.45) is 1.58. The van der Waals surface area contributed by atoms with E-state index in [1.165, 1.54) is 0 Å². The fourth-order valence-electron chi connectivity index (χ4n) is 0.530. The van der Waals surface area contributed by atoms with Gasteiger partial charge in [0, 0.05) is 43.4 Å². The van der Waals surface area contributed by atoms with Gasteiger partial charge >= 0.3 is 0 Å². The molecule has 1 nitrogen and oxygen atoms in total. The van der Waals surface area contributed by atoms with E-state index in [4.69, 9.17) is 34.8 Å². The van der Waals surface area contributed by atoms with Crippen molar-refractivity contribution in [3.63, 3.8) is 0 Å². The monoisotopic (exact) mass is 479 g/mol. The molecule has 1 aromatic heterocycles. The van der Waals surface area contributed by atoms with E-state index in [0.717, 1.165) is 0 Å². The molecule has 14 heavy (non-hydrogen) atoms. The summed E-state index contributed by atoms with van der Waals surface area (Å²) in [7, 11) is 0. The Morgan fingerprint density at radius 2 is 1.64 bits per heavy atom. The molecule has 0 amide bonds. The van der Waals surface area contributed by atoms with Crippen molar-refractivity contribution in [1.82, 2.24) is 4.98 Å². The largest absolute Gasteiger partial charge is 0.257 e. The number of halogens is 5. The maximum absolute atomic E-state index is 5.53. The summed E-state index contributed by atoms with van der Waals surface area (Å²) in [5.74, 6) is 0. The van der Waals surface area contributed by atoms with Crippen LogP contribution in [0.3, 0.4) is 0 Å². The Hall–Kier alpha value is 1.48. The van der Waals surface area contributed by atoms with Crippen molar-refractivity contribution in [2.24, 2.45) is 0 Å². The Morgan fingerprint density at radius 1 is 1.14 bits per heavy atom. The smallest absolute Gasteiger partial charge is 0.232 e. The molecule has 0 bridgehead atoms. The molecule has 0 aliphatic rings. The minimum Gasteiger partial charge on any atom is -0.257 e. The molecular formula is C8H10Cl3I2N. The molecule has 0 radical (unpaired) electrons. The van der Waals surface area contributed by atoms with Crippen molar-refractivity contribution in [2.75, 3.05) is 0 Å². The molecule has 0 aliphatic heterocycles. The van der Waals surface area contributed by atoms with Crippen LogP contribution in [0.4, 0.5) is 0 Å². The predicted octanol–water partition coefficient (Wildman–Crippen LogP) is 5.71. The van der Waals surface area contributed by atoms with E-state index in [1.807, 2.05) is 13.8 Å². The SMILES string of the molecule is CC.ClC(Cl)(Cl)c1ccccn1.II. The topological polar surface area (TPSA) is 12.9 Å². The van der Waals surface area contributed by atoms with E-state index in [2.05, 4.69) is 42.2 Å². The first-order valence-corrected chi connectivity index (χ1v) is 11.1. The minimum absolute atomic E-state index is 0.444. The molecule has 1 aromatic rings. The summed E-state index contributed by atoms with van der Waals surface area (Å²) in [5.41, 5.74) is 0.444. The predicted molar refractivity (Wildman–Crippen MR) is 82.9 cm³/mol. The van der Waals surface area contributed by atoms with Gasteiger partial charge < -0.3 is 0 Å². The van der Waals surface area contributed by atoms with Crippen molar-refractivity contribution in [2.45, 2.75) is 17.6 Å². The molecule has 0 spiro atoms. The molecule has 6 heteroatoms. The van der Waals surface area contributed by atoms with E-state index in [-0.39, 0.29) is 0 Å². The van der Waals surface area contributed by atoms with Gasteiger partial charge in [-0.25, -0.2) is 0 Å². The van der Waals surface area contributed by atoms with Gasteiger partial charge in [0.15, 0.2) is 0 Å². The summed E-state index contributed by atoms with van der Waals surface area (Å²) in [4.78, 5) is 3.85. The normalized spacial score (nSPS) is 9.07. The third kappa shape index (κ3) is 8.76. The molecular weight excluding hydrogens is 470 g/mol. The summed E-state index contributed by atoms with van der Waals surface area (Å²) in [6.45, 7) is 4.00. The average molecular weight is 480 g/mol. The van der Waals surface area contributed by atoms with Gasteiger partial charge in [0.05, 0.1) is 5.69 Å². The highest BCUT2D eigenvalue weighted by atomic mass is 128. The van der Waals surface area contributed by atoms with Gasteiger partial charge in [-0.1, -0.05) is 54.7 Å². The number of hydrogen-bond donors (Lipinski definition) is 0. The molecule has 0 unspecified atom stereocenters. The highest BCUT2D eigenvalue weighted by Crippen LogP contribution is 2.36. The first kappa shape index (κ1) is 17.9. The lowest BCUT2D eigenvalue weighted by Gasteiger charge is -2.07. The maximum atomic E-state index is 5.53. The highest BCUT2D eigenvalue weighted by molar-refractivity contribution is 15.0. The van der Waals surface area contributed by atoms with Crippen LogP contribution in [0.5, 0.6) is 0 Å². The van der Waals surface area contributed by atoms with Crippen molar-refractivity contribution < 1.29 is 0 Å². The van der Waals surface area contributed by atoms with E-state index in [0.29, 0.717) is 5.69 Å². The zero-order valence-corrected chi connectivity index (χ0v) is 14.2. The van der Waals surface area contributed by atoms with Crippen molar-refractivity contribution in [1.29, 1.82) is 0 Å². The van der Waals surface area contributed by atoms with Gasteiger partial charge in [-0.15, -0.1) is 0 Å². The van der Waals surface area contributed by atoms with Crippen LogP contribution < -0.4 is 0 Å². The van der Waals surface area contributed by atoms with Crippen molar-refractivity contribution in [3.05, 3.63) is 30.1 Å². The molecule has 0 aromatic carbocycles. The van der Waals surface area contributed by atoms with E-state index >= 15 is 0 Å². The lowest BCUT2D eigenvalue weighted by molar-refractivity contribution is 1.09. The van der Waals surface area contributed by atoms with Gasteiger partial charge in [-0.05, 0) is 12.1 Å². The van der Waals surface area contributed by atoms with Gasteiger partial charge in [0.25, 0.3) is 0 Å². The average Bonchev–Trinajstić information content (AvgIpc) is 2.24. The van der Waals surface area contributed by atoms with Crippen LogP contribution in [0.1, 0.15) is 19.5 Å². The Balaban J connectivity index is 0. The highest BCUT2D eigenvalue weighted by Gasteiger charge is 2.23. The fourth-order valence-corrected chi connectivity index (χ4v) is 0.866. The third-order valence-electron chi connectivity index (χ3n) is 0.955. The lowest BCUT2D eigenvalue weighted by Crippen LogP contribution is -2.01. The van der Waals surface area contributed by atoms with Crippen molar-refractivity contribution in [3.8, 4) is 0 Å². The number of hydrogen-bond acceptors (Lipinski definition) is 1. The maximum Gasteiger partial charge on any atom is 0.232 e. The number of rotatable bonds is 0. The van der Waals surface area contributed by atoms with Gasteiger partial charge in [0.2, 0.25) is 3.79 Å². The molecule has 0 atom stereocenters. The Bertz CT molecular complexity index is 214. The summed E-state index contributed by atoms with van der Waals surface area (Å²) < 4.78 is -1.40. The first-order valence-electron chi connectivity index (χ1n) is 3.73. The molecule has 0 fully saturated rings. The van der Waals surface area contributed by atoms with E-state index < -0.39 is 3.79 Å². The van der Waals surface area contributed by atoms with Crippen LogP contribution in [-0.4, -0.2) is 4.98 Å². The zero-order valence-electron chi connectivity index (χ0n) is 7.65. The number of alkyl halides is 3. The zero-order chi connectivity index (χ0) is 11.6. The molecule has 1 rings (SSSR count). The second-order valence-corrected chi connectivity index (χ2v) is 3.99. The Morgan fingerprint density at radius 3 is 1.86 bits per heavy atom. The van der Waals surface area contributed by atoms with Crippen LogP contribution in [0.2, 0.25) is 0 Å². The minimum atomic E-state index is -1.40. The van der Waals surface area contributed by atoms with Gasteiger partial charge in [-0.2, -0.15) is 0 Å². The lowest BCUT2D eigenvalue weighted by atomic mass is 10.4. The summed E-state index contributed by atoms with van der Waals surface area (Å²) in [6, 6.07) is 5.19. The second-order valence-electron chi connectivity index (χ2n) is 1.71.